The molecule has 7 heteroatoms. The zero-order valence-electron chi connectivity index (χ0n) is 13.6. The molecule has 2 heterocycles. The minimum atomic E-state index is -0.147. The maximum atomic E-state index is 12.2. The highest BCUT2D eigenvalue weighted by Crippen LogP contribution is 2.20. The number of hydrogen-bond donors (Lipinski definition) is 1. The number of fused-ring (bicyclic) bond motifs is 1. The minimum Gasteiger partial charge on any atom is -0.383 e. The van der Waals surface area contributed by atoms with E-state index < -0.39 is 0 Å². The highest BCUT2D eigenvalue weighted by Gasteiger charge is 2.23. The summed E-state index contributed by atoms with van der Waals surface area (Å²) in [7, 11) is 1.62. The SMILES string of the molecule is COCCn1c2c(ccc1=O)CC(NC(=O)c1ccnnc1)CC2. The molecule has 0 saturated heterocycles. The molecule has 1 atom stereocenters. The molecule has 0 aromatic carbocycles. The van der Waals surface area contributed by atoms with Crippen LogP contribution in [0.4, 0.5) is 0 Å². The van der Waals surface area contributed by atoms with Gasteiger partial charge in [0.25, 0.3) is 11.5 Å². The number of rotatable bonds is 5. The summed E-state index contributed by atoms with van der Waals surface area (Å²) in [6, 6.07) is 5.15. The molecular weight excluding hydrogens is 308 g/mol. The molecule has 0 saturated carbocycles. The van der Waals surface area contributed by atoms with Crippen LogP contribution in [0.3, 0.4) is 0 Å². The minimum absolute atomic E-state index is 0.00357. The van der Waals surface area contributed by atoms with Crippen molar-refractivity contribution < 1.29 is 9.53 Å². The van der Waals surface area contributed by atoms with Crippen LogP contribution in [0.15, 0.2) is 35.4 Å². The first-order chi connectivity index (χ1) is 11.7. The molecule has 0 aliphatic heterocycles. The molecular formula is C17H20N4O3. The standard InChI is InChI=1S/C17H20N4O3/c1-24-9-8-21-15-4-3-14(10-12(15)2-5-16(21)22)20-17(23)13-6-7-18-19-11-13/h2,5-7,11,14H,3-4,8-10H2,1H3,(H,20,23). The Hall–Kier alpha value is -2.54. The van der Waals surface area contributed by atoms with Gasteiger partial charge >= 0.3 is 0 Å². The summed E-state index contributed by atoms with van der Waals surface area (Å²) in [5, 5.41) is 10.4. The predicted octanol–water partition coefficient (Wildman–Crippen LogP) is 0.572. The van der Waals surface area contributed by atoms with Gasteiger partial charge in [-0.1, -0.05) is 6.07 Å². The molecule has 126 valence electrons. The fraction of sp³-hybridized carbons (Fsp3) is 0.412. The number of nitrogens with one attached hydrogen (secondary N) is 1. The molecule has 1 amide bonds. The van der Waals surface area contributed by atoms with E-state index in [2.05, 4.69) is 15.5 Å². The second kappa shape index (κ2) is 7.35. The monoisotopic (exact) mass is 328 g/mol. The van der Waals surface area contributed by atoms with Gasteiger partial charge in [-0.2, -0.15) is 10.2 Å². The molecule has 1 aliphatic carbocycles. The van der Waals surface area contributed by atoms with Crippen molar-refractivity contribution in [2.45, 2.75) is 31.8 Å². The molecule has 0 radical (unpaired) electrons. The molecule has 0 fully saturated rings. The Kier molecular flexibility index (Phi) is 5.00. The second-order valence-corrected chi connectivity index (χ2v) is 5.83. The van der Waals surface area contributed by atoms with Crippen molar-refractivity contribution in [3.63, 3.8) is 0 Å². The van der Waals surface area contributed by atoms with Crippen LogP contribution < -0.4 is 10.9 Å². The van der Waals surface area contributed by atoms with E-state index >= 15 is 0 Å². The Morgan fingerprint density at radius 1 is 1.38 bits per heavy atom. The fourth-order valence-electron chi connectivity index (χ4n) is 3.07. The number of ether oxygens (including phenoxy) is 1. The van der Waals surface area contributed by atoms with E-state index in [1.807, 2.05) is 6.07 Å². The molecule has 24 heavy (non-hydrogen) atoms. The number of carbonyl (C=O) groups excluding carboxylic acids is 1. The molecule has 2 aromatic rings. The van der Waals surface area contributed by atoms with Gasteiger partial charge < -0.3 is 14.6 Å². The van der Waals surface area contributed by atoms with Crippen LogP contribution >= 0.6 is 0 Å². The van der Waals surface area contributed by atoms with Crippen LogP contribution in [-0.2, 0) is 24.1 Å². The fourth-order valence-corrected chi connectivity index (χ4v) is 3.07. The van der Waals surface area contributed by atoms with E-state index in [0.717, 1.165) is 24.1 Å². The molecule has 0 spiro atoms. The molecule has 3 rings (SSSR count). The van der Waals surface area contributed by atoms with Gasteiger partial charge in [-0.15, -0.1) is 0 Å². The highest BCUT2D eigenvalue weighted by molar-refractivity contribution is 5.93. The van der Waals surface area contributed by atoms with Gasteiger partial charge in [0.15, 0.2) is 0 Å². The van der Waals surface area contributed by atoms with Crippen molar-refractivity contribution in [1.82, 2.24) is 20.1 Å². The third-order valence-electron chi connectivity index (χ3n) is 4.29. The highest BCUT2D eigenvalue weighted by atomic mass is 16.5. The first-order valence-corrected chi connectivity index (χ1v) is 7.97. The maximum absolute atomic E-state index is 12.2. The van der Waals surface area contributed by atoms with E-state index in [0.29, 0.717) is 25.1 Å². The van der Waals surface area contributed by atoms with Gasteiger partial charge in [0.05, 0.1) is 24.6 Å². The van der Waals surface area contributed by atoms with Gasteiger partial charge in [-0.25, -0.2) is 0 Å². The van der Waals surface area contributed by atoms with Gasteiger partial charge in [-0.05, 0) is 30.9 Å². The number of hydrogen-bond acceptors (Lipinski definition) is 5. The lowest BCUT2D eigenvalue weighted by Crippen LogP contribution is -2.40. The summed E-state index contributed by atoms with van der Waals surface area (Å²) in [6.45, 7) is 1.06. The van der Waals surface area contributed by atoms with E-state index in [1.165, 1.54) is 12.4 Å². The second-order valence-electron chi connectivity index (χ2n) is 5.83. The van der Waals surface area contributed by atoms with E-state index in [4.69, 9.17) is 4.74 Å². The molecule has 1 aliphatic rings. The van der Waals surface area contributed by atoms with Gasteiger partial charge in [0, 0.05) is 31.5 Å². The van der Waals surface area contributed by atoms with Gasteiger partial charge in [-0.3, -0.25) is 9.59 Å². The maximum Gasteiger partial charge on any atom is 0.253 e. The Morgan fingerprint density at radius 3 is 3.00 bits per heavy atom. The van der Waals surface area contributed by atoms with Crippen molar-refractivity contribution in [2.24, 2.45) is 0 Å². The summed E-state index contributed by atoms with van der Waals surface area (Å²) in [4.78, 5) is 24.3. The molecule has 2 aromatic heterocycles. The first-order valence-electron chi connectivity index (χ1n) is 7.97. The lowest BCUT2D eigenvalue weighted by molar-refractivity contribution is 0.0932. The van der Waals surface area contributed by atoms with Crippen LogP contribution in [0.2, 0.25) is 0 Å². The van der Waals surface area contributed by atoms with E-state index in [-0.39, 0.29) is 17.5 Å². The number of aromatic nitrogens is 3. The number of nitrogens with zero attached hydrogens (tertiary/aromatic N) is 3. The summed E-state index contributed by atoms with van der Waals surface area (Å²) in [5.74, 6) is -0.147. The first kappa shape index (κ1) is 16.3. The molecule has 7 nitrogen and oxygen atoms in total. The Bertz CT molecular complexity index is 773. The van der Waals surface area contributed by atoms with Crippen LogP contribution in [0.25, 0.3) is 0 Å². The van der Waals surface area contributed by atoms with Crippen molar-refractivity contribution in [3.8, 4) is 0 Å². The number of methoxy groups -OCH3 is 1. The Morgan fingerprint density at radius 2 is 2.25 bits per heavy atom. The predicted molar refractivity (Wildman–Crippen MR) is 87.9 cm³/mol. The summed E-state index contributed by atoms with van der Waals surface area (Å²) < 4.78 is 6.87. The van der Waals surface area contributed by atoms with Gasteiger partial charge in [0.2, 0.25) is 0 Å². The third kappa shape index (κ3) is 3.51. The molecule has 1 unspecified atom stereocenters. The average molecular weight is 328 g/mol. The summed E-state index contributed by atoms with van der Waals surface area (Å²) in [6.07, 6.45) is 5.23. The zero-order valence-corrected chi connectivity index (χ0v) is 13.6. The number of amides is 1. The smallest absolute Gasteiger partial charge is 0.253 e. The van der Waals surface area contributed by atoms with Crippen LogP contribution in [0.1, 0.15) is 28.0 Å². The van der Waals surface area contributed by atoms with Crippen molar-refractivity contribution in [1.29, 1.82) is 0 Å². The summed E-state index contributed by atoms with van der Waals surface area (Å²) >= 11 is 0. The van der Waals surface area contributed by atoms with Gasteiger partial charge in [0.1, 0.15) is 0 Å². The lowest BCUT2D eigenvalue weighted by Gasteiger charge is -2.27. The third-order valence-corrected chi connectivity index (χ3v) is 4.29. The van der Waals surface area contributed by atoms with Crippen LogP contribution in [0, 0.1) is 0 Å². The Balaban J connectivity index is 1.73. The van der Waals surface area contributed by atoms with Crippen molar-refractivity contribution in [3.05, 3.63) is 57.8 Å². The lowest BCUT2D eigenvalue weighted by atomic mass is 9.91. The van der Waals surface area contributed by atoms with Crippen LogP contribution in [0.5, 0.6) is 0 Å². The Labute approximate surface area is 139 Å². The average Bonchev–Trinajstić information content (AvgIpc) is 2.61. The number of pyridine rings is 1. The molecule has 0 bridgehead atoms. The van der Waals surface area contributed by atoms with Crippen molar-refractivity contribution >= 4 is 5.91 Å². The molecule has 1 N–H and O–H groups in total. The van der Waals surface area contributed by atoms with Crippen molar-refractivity contribution in [2.75, 3.05) is 13.7 Å². The normalized spacial score (nSPS) is 16.5. The van der Waals surface area contributed by atoms with E-state index in [1.54, 1.807) is 23.8 Å². The quantitative estimate of drug-likeness (QED) is 0.867. The summed E-state index contributed by atoms with van der Waals surface area (Å²) in [5.41, 5.74) is 2.66. The van der Waals surface area contributed by atoms with E-state index in [9.17, 15) is 9.59 Å². The zero-order chi connectivity index (χ0) is 16.9. The number of carbonyl (C=O) groups is 1. The largest absolute Gasteiger partial charge is 0.383 e. The van der Waals surface area contributed by atoms with Crippen LogP contribution in [-0.4, -0.2) is 40.4 Å². The topological polar surface area (TPSA) is 86.1 Å².